The van der Waals surface area contributed by atoms with E-state index < -0.39 is 27.4 Å². The van der Waals surface area contributed by atoms with Crippen LogP contribution in [0.3, 0.4) is 0 Å². The lowest BCUT2D eigenvalue weighted by atomic mass is 10.1. The van der Waals surface area contributed by atoms with E-state index in [0.717, 1.165) is 12.1 Å². The van der Waals surface area contributed by atoms with Crippen LogP contribution in [0.5, 0.6) is 0 Å². The summed E-state index contributed by atoms with van der Waals surface area (Å²) in [6.45, 7) is 2.23. The van der Waals surface area contributed by atoms with Gasteiger partial charge in [0, 0.05) is 41.5 Å². The third kappa shape index (κ3) is 4.96. The van der Waals surface area contributed by atoms with E-state index in [-0.39, 0.29) is 16.7 Å². The van der Waals surface area contributed by atoms with Crippen molar-refractivity contribution < 1.29 is 14.6 Å². The molecule has 196 valence electrons. The van der Waals surface area contributed by atoms with Gasteiger partial charge in [-0.25, -0.2) is 14.7 Å². The molecule has 38 heavy (non-hydrogen) atoms. The summed E-state index contributed by atoms with van der Waals surface area (Å²) in [4.78, 5) is 32.7. The van der Waals surface area contributed by atoms with Gasteiger partial charge in [0.1, 0.15) is 11.4 Å². The van der Waals surface area contributed by atoms with Crippen LogP contribution in [0.25, 0.3) is 16.9 Å². The summed E-state index contributed by atoms with van der Waals surface area (Å²) >= 11 is 12.6. The molecule has 1 fully saturated rings. The number of ether oxygens (including phenoxy) is 1. The maximum atomic E-state index is 11.8. The topological polar surface area (TPSA) is 179 Å². The van der Waals surface area contributed by atoms with E-state index in [9.17, 15) is 20.2 Å². The minimum Gasteiger partial charge on any atom is -0.378 e. The number of aliphatic imine (C=N–C) groups is 2. The fourth-order valence-corrected chi connectivity index (χ4v) is 4.58. The average molecular weight is 560 g/mol. The monoisotopic (exact) mass is 559 g/mol. The summed E-state index contributed by atoms with van der Waals surface area (Å²) in [5.41, 5.74) is 6.41. The third-order valence-corrected chi connectivity index (χ3v) is 6.42. The Balaban J connectivity index is 1.68. The summed E-state index contributed by atoms with van der Waals surface area (Å²) in [5, 5.41) is 31.2. The maximum Gasteiger partial charge on any atom is 0.301 e. The van der Waals surface area contributed by atoms with Crippen LogP contribution in [0.2, 0.25) is 10.0 Å². The summed E-state index contributed by atoms with van der Waals surface area (Å²) in [6, 6.07) is 8.12. The molecule has 14 nitrogen and oxygen atoms in total. The molecule has 0 amide bonds. The highest BCUT2D eigenvalue weighted by molar-refractivity contribution is 6.36. The number of morpholine rings is 1. The average Bonchev–Trinajstić information content (AvgIpc) is 3.33. The molecule has 0 radical (unpaired) electrons. The molecule has 16 heteroatoms. The number of hydrogen-bond donors (Lipinski definition) is 2. The third-order valence-electron chi connectivity index (χ3n) is 5.88. The van der Waals surface area contributed by atoms with Gasteiger partial charge in [-0.15, -0.1) is 0 Å². The van der Waals surface area contributed by atoms with Gasteiger partial charge in [0.2, 0.25) is 5.96 Å². The van der Waals surface area contributed by atoms with Gasteiger partial charge < -0.3 is 15.4 Å². The zero-order valence-corrected chi connectivity index (χ0v) is 21.0. The Morgan fingerprint density at radius 2 is 1.82 bits per heavy atom. The van der Waals surface area contributed by atoms with Crippen LogP contribution in [0.4, 0.5) is 11.4 Å². The van der Waals surface area contributed by atoms with E-state index in [1.54, 1.807) is 12.1 Å². The van der Waals surface area contributed by atoms with Crippen molar-refractivity contribution in [3.8, 4) is 16.9 Å². The number of guanidine groups is 2. The Morgan fingerprint density at radius 1 is 1.05 bits per heavy atom. The molecule has 0 bridgehead atoms. The van der Waals surface area contributed by atoms with Crippen molar-refractivity contribution >= 4 is 46.5 Å². The minimum atomic E-state index is -0.873. The first kappa shape index (κ1) is 25.4. The van der Waals surface area contributed by atoms with Crippen molar-refractivity contribution in [3.63, 3.8) is 0 Å². The van der Waals surface area contributed by atoms with Crippen molar-refractivity contribution in [2.75, 3.05) is 26.3 Å². The Hall–Kier alpha value is -4.27. The normalized spacial score (nSPS) is 17.4. The molecule has 0 saturated carbocycles. The molecule has 0 aliphatic carbocycles. The number of benzene rings is 2. The first-order valence-corrected chi connectivity index (χ1v) is 12.0. The second-order valence-electron chi connectivity index (χ2n) is 8.25. The van der Waals surface area contributed by atoms with Gasteiger partial charge in [0.15, 0.2) is 12.1 Å². The van der Waals surface area contributed by atoms with Crippen LogP contribution in [-0.2, 0) is 4.74 Å². The van der Waals surface area contributed by atoms with E-state index in [4.69, 9.17) is 38.7 Å². The Bertz CT molecular complexity index is 1500. The second kappa shape index (κ2) is 10.2. The van der Waals surface area contributed by atoms with Crippen molar-refractivity contribution in [1.82, 2.24) is 20.0 Å². The van der Waals surface area contributed by atoms with Gasteiger partial charge in [0.25, 0.3) is 5.69 Å². The number of nitro benzene ring substituents is 2. The quantitative estimate of drug-likeness (QED) is 0.350. The van der Waals surface area contributed by atoms with E-state index in [2.05, 4.69) is 15.4 Å². The van der Waals surface area contributed by atoms with Crippen LogP contribution in [0, 0.1) is 20.2 Å². The van der Waals surface area contributed by atoms with Crippen LogP contribution in [0.15, 0.2) is 52.6 Å². The molecule has 3 aromatic rings. The number of halogens is 2. The highest BCUT2D eigenvalue weighted by atomic mass is 35.5. The fraction of sp³-hybridized carbons (Fsp3) is 0.227. The van der Waals surface area contributed by atoms with Crippen molar-refractivity contribution in [3.05, 3.63) is 78.4 Å². The standard InChI is InChI=1S/C22H19Cl2N9O5/c23-12-1-3-14(16(24)9-12)19-15(20-26-21(25)28-22(27-20)30-5-7-38-8-6-30)11-31(29-19)17-4-2-13(32(34)35)10-18(17)33(36)37/h1-4,9-11,20H,5-8H2,(H3,25,26,27,28). The lowest BCUT2D eigenvalue weighted by molar-refractivity contribution is -0.394. The smallest absolute Gasteiger partial charge is 0.301 e. The second-order valence-corrected chi connectivity index (χ2v) is 9.10. The summed E-state index contributed by atoms with van der Waals surface area (Å²) in [5.74, 6) is 0.613. The number of nitro groups is 2. The first-order chi connectivity index (χ1) is 18.2. The van der Waals surface area contributed by atoms with Gasteiger partial charge in [-0.3, -0.25) is 25.5 Å². The number of nitrogens with one attached hydrogen (secondary N) is 1. The molecule has 0 spiro atoms. The molecule has 2 aromatic carbocycles. The van der Waals surface area contributed by atoms with Gasteiger partial charge in [-0.2, -0.15) is 5.10 Å². The van der Waals surface area contributed by atoms with Gasteiger partial charge >= 0.3 is 5.69 Å². The van der Waals surface area contributed by atoms with Gasteiger partial charge in [-0.05, 0) is 24.3 Å². The number of non-ortho nitro benzene ring substituents is 1. The van der Waals surface area contributed by atoms with Crippen LogP contribution >= 0.6 is 23.2 Å². The van der Waals surface area contributed by atoms with Crippen molar-refractivity contribution in [1.29, 1.82) is 0 Å². The van der Waals surface area contributed by atoms with Crippen LogP contribution < -0.4 is 11.1 Å². The van der Waals surface area contributed by atoms with Gasteiger partial charge in [-0.1, -0.05) is 23.2 Å². The van der Waals surface area contributed by atoms with Crippen LogP contribution in [0.1, 0.15) is 11.7 Å². The molecule has 1 saturated heterocycles. The lowest BCUT2D eigenvalue weighted by Gasteiger charge is -2.32. The van der Waals surface area contributed by atoms with E-state index in [1.807, 2.05) is 4.90 Å². The zero-order chi connectivity index (χ0) is 27.0. The Morgan fingerprint density at radius 3 is 2.50 bits per heavy atom. The Kier molecular flexibility index (Phi) is 6.84. The SMILES string of the molecule is NC1=NC(c2cn(-c3ccc([N+](=O)[O-])cc3[N+](=O)[O-])nc2-c2ccc(Cl)cc2Cl)N=C(N2CCOCC2)N1. The van der Waals surface area contributed by atoms with Gasteiger partial charge in [0.05, 0.1) is 34.1 Å². The summed E-state index contributed by atoms with van der Waals surface area (Å²) in [6.07, 6.45) is 0.642. The van der Waals surface area contributed by atoms with E-state index in [0.29, 0.717) is 54.1 Å². The molecule has 1 atom stereocenters. The molecule has 3 heterocycles. The van der Waals surface area contributed by atoms with E-state index >= 15 is 0 Å². The highest BCUT2D eigenvalue weighted by Gasteiger charge is 2.29. The Labute approximate surface area is 224 Å². The molecule has 2 aliphatic heterocycles. The summed E-state index contributed by atoms with van der Waals surface area (Å²) in [7, 11) is 0. The lowest BCUT2D eigenvalue weighted by Crippen LogP contribution is -2.52. The molecular formula is C22H19Cl2N9O5. The predicted molar refractivity (Wildman–Crippen MR) is 140 cm³/mol. The predicted octanol–water partition coefficient (Wildman–Crippen LogP) is 3.27. The molecule has 1 aromatic heterocycles. The molecule has 1 unspecified atom stereocenters. The number of nitrogens with two attached hydrogens (primary N) is 1. The molecular weight excluding hydrogens is 541 g/mol. The molecule has 3 N–H and O–H groups in total. The van der Waals surface area contributed by atoms with Crippen LogP contribution in [-0.4, -0.2) is 62.7 Å². The highest BCUT2D eigenvalue weighted by Crippen LogP contribution is 2.38. The summed E-state index contributed by atoms with van der Waals surface area (Å²) < 4.78 is 6.66. The number of aromatic nitrogens is 2. The zero-order valence-electron chi connectivity index (χ0n) is 19.5. The number of nitrogens with zero attached hydrogens (tertiary/aromatic N) is 7. The molecule has 2 aliphatic rings. The largest absolute Gasteiger partial charge is 0.378 e. The maximum absolute atomic E-state index is 11.8. The number of hydrogen-bond acceptors (Lipinski definition) is 11. The fourth-order valence-electron chi connectivity index (χ4n) is 4.09. The number of rotatable bonds is 5. The minimum absolute atomic E-state index is 0.00135. The molecule has 5 rings (SSSR count). The van der Waals surface area contributed by atoms with Crippen molar-refractivity contribution in [2.45, 2.75) is 6.17 Å². The first-order valence-electron chi connectivity index (χ1n) is 11.2. The van der Waals surface area contributed by atoms with E-state index in [1.165, 1.54) is 23.0 Å². The van der Waals surface area contributed by atoms with Crippen molar-refractivity contribution in [2.24, 2.45) is 15.7 Å².